The van der Waals surface area contributed by atoms with Crippen LogP contribution in [0.4, 0.5) is 0 Å². The Morgan fingerprint density at radius 3 is 2.52 bits per heavy atom. The van der Waals surface area contributed by atoms with Gasteiger partial charge in [0.15, 0.2) is 0 Å². The summed E-state index contributed by atoms with van der Waals surface area (Å²) in [5.41, 5.74) is 3.45. The van der Waals surface area contributed by atoms with Crippen molar-refractivity contribution in [2.45, 2.75) is 26.3 Å². The van der Waals surface area contributed by atoms with Crippen molar-refractivity contribution in [3.05, 3.63) is 71.4 Å². The number of rotatable bonds is 5. The van der Waals surface area contributed by atoms with Crippen molar-refractivity contribution < 1.29 is 9.53 Å². The molecule has 2 aromatic carbocycles. The molecule has 0 saturated carbocycles. The lowest BCUT2D eigenvalue weighted by Gasteiger charge is -2.10. The fourth-order valence-electron chi connectivity index (χ4n) is 2.72. The maximum absolute atomic E-state index is 12.5. The van der Waals surface area contributed by atoms with E-state index >= 15 is 0 Å². The molecule has 0 radical (unpaired) electrons. The normalized spacial score (nSPS) is 10.9. The van der Waals surface area contributed by atoms with Crippen LogP contribution < -0.4 is 10.1 Å². The Labute approximate surface area is 147 Å². The van der Waals surface area contributed by atoms with E-state index in [9.17, 15) is 4.79 Å². The third-order valence-corrected chi connectivity index (χ3v) is 4.23. The van der Waals surface area contributed by atoms with E-state index in [2.05, 4.69) is 36.3 Å². The second-order valence-electron chi connectivity index (χ2n) is 6.31. The van der Waals surface area contributed by atoms with E-state index in [1.807, 2.05) is 36.4 Å². The number of hydrogen-bond donors (Lipinski definition) is 1. The molecule has 4 nitrogen and oxygen atoms in total. The van der Waals surface area contributed by atoms with Gasteiger partial charge >= 0.3 is 0 Å². The Bertz CT molecular complexity index is 886. The number of carbonyl (C=O) groups excluding carboxylic acids is 1. The highest BCUT2D eigenvalue weighted by molar-refractivity contribution is 5.97. The van der Waals surface area contributed by atoms with Crippen LogP contribution in [0.2, 0.25) is 0 Å². The van der Waals surface area contributed by atoms with Crippen molar-refractivity contribution in [1.29, 1.82) is 0 Å². The second-order valence-corrected chi connectivity index (χ2v) is 6.31. The summed E-state index contributed by atoms with van der Waals surface area (Å²) in [6, 6.07) is 17.6. The summed E-state index contributed by atoms with van der Waals surface area (Å²) < 4.78 is 5.40. The molecular formula is C21H22N2O2. The van der Waals surface area contributed by atoms with E-state index in [0.717, 1.165) is 16.5 Å². The van der Waals surface area contributed by atoms with Crippen LogP contribution in [0.15, 0.2) is 54.6 Å². The lowest BCUT2D eigenvalue weighted by molar-refractivity contribution is 0.0946. The topological polar surface area (TPSA) is 51.2 Å². The molecule has 3 rings (SSSR count). The maximum atomic E-state index is 12.5. The zero-order valence-electron chi connectivity index (χ0n) is 14.7. The smallest absolute Gasteiger partial charge is 0.270 e. The highest BCUT2D eigenvalue weighted by Gasteiger charge is 2.12. The van der Waals surface area contributed by atoms with Crippen LogP contribution in [-0.2, 0) is 6.54 Å². The minimum absolute atomic E-state index is 0.211. The predicted molar refractivity (Wildman–Crippen MR) is 100.0 cm³/mol. The van der Waals surface area contributed by atoms with Crippen LogP contribution in [0.1, 0.15) is 41.4 Å². The zero-order valence-corrected chi connectivity index (χ0v) is 14.7. The standard InChI is InChI=1S/C21H22N2O2/c1-14(2)16-10-8-15(9-11-16)13-22-21(24)19-12-20(25-3)17-6-4-5-7-18(17)23-19/h4-12,14H,13H2,1-3H3,(H,22,24). The largest absolute Gasteiger partial charge is 0.496 e. The first-order valence-corrected chi connectivity index (χ1v) is 8.39. The predicted octanol–water partition coefficient (Wildman–Crippen LogP) is 4.30. The zero-order chi connectivity index (χ0) is 17.8. The lowest BCUT2D eigenvalue weighted by atomic mass is 10.0. The van der Waals surface area contributed by atoms with E-state index < -0.39 is 0 Å². The van der Waals surface area contributed by atoms with Gasteiger partial charge < -0.3 is 10.1 Å². The van der Waals surface area contributed by atoms with Crippen molar-refractivity contribution in [1.82, 2.24) is 10.3 Å². The number of methoxy groups -OCH3 is 1. The van der Waals surface area contributed by atoms with Gasteiger partial charge in [0.1, 0.15) is 11.4 Å². The number of aromatic nitrogens is 1. The van der Waals surface area contributed by atoms with Crippen molar-refractivity contribution in [3.63, 3.8) is 0 Å². The van der Waals surface area contributed by atoms with Gasteiger partial charge in [-0.2, -0.15) is 0 Å². The fraction of sp³-hybridized carbons (Fsp3) is 0.238. The van der Waals surface area contributed by atoms with E-state index in [-0.39, 0.29) is 5.91 Å². The number of nitrogens with one attached hydrogen (secondary N) is 1. The number of fused-ring (bicyclic) bond motifs is 1. The summed E-state index contributed by atoms with van der Waals surface area (Å²) in [5, 5.41) is 3.82. The number of hydrogen-bond acceptors (Lipinski definition) is 3. The van der Waals surface area contributed by atoms with Gasteiger partial charge in [-0.3, -0.25) is 4.79 Å². The third-order valence-electron chi connectivity index (χ3n) is 4.23. The number of ether oxygens (including phenoxy) is 1. The summed E-state index contributed by atoms with van der Waals surface area (Å²) in [6.45, 7) is 4.79. The molecule has 0 atom stereocenters. The van der Waals surface area contributed by atoms with Crippen molar-refractivity contribution in [3.8, 4) is 5.75 Å². The van der Waals surface area contributed by atoms with Gasteiger partial charge in [-0.25, -0.2) is 4.98 Å². The first-order chi connectivity index (χ1) is 12.1. The number of pyridine rings is 1. The van der Waals surface area contributed by atoms with Gasteiger partial charge in [0.25, 0.3) is 5.91 Å². The number of amides is 1. The Hall–Kier alpha value is -2.88. The first-order valence-electron chi connectivity index (χ1n) is 8.39. The van der Waals surface area contributed by atoms with Crippen LogP contribution >= 0.6 is 0 Å². The Kier molecular flexibility index (Phi) is 4.98. The van der Waals surface area contributed by atoms with Crippen LogP contribution in [-0.4, -0.2) is 18.0 Å². The number of benzene rings is 2. The molecule has 0 unspecified atom stereocenters. The molecule has 1 N–H and O–H groups in total. The SMILES string of the molecule is COc1cc(C(=O)NCc2ccc(C(C)C)cc2)nc2ccccc12. The maximum Gasteiger partial charge on any atom is 0.270 e. The van der Waals surface area contributed by atoms with E-state index in [1.165, 1.54) is 5.56 Å². The highest BCUT2D eigenvalue weighted by atomic mass is 16.5. The van der Waals surface area contributed by atoms with Crippen molar-refractivity contribution in [2.75, 3.05) is 7.11 Å². The molecule has 1 aromatic heterocycles. The average molecular weight is 334 g/mol. The second kappa shape index (κ2) is 7.34. The number of nitrogens with zero attached hydrogens (tertiary/aromatic N) is 1. The molecule has 1 amide bonds. The third kappa shape index (κ3) is 3.79. The molecule has 0 spiro atoms. The molecule has 1 heterocycles. The molecule has 0 fully saturated rings. The van der Waals surface area contributed by atoms with Gasteiger partial charge in [-0.15, -0.1) is 0 Å². The van der Waals surface area contributed by atoms with Gasteiger partial charge in [0.2, 0.25) is 0 Å². The van der Waals surface area contributed by atoms with Crippen LogP contribution in [0, 0.1) is 0 Å². The molecule has 0 bridgehead atoms. The Morgan fingerprint density at radius 2 is 1.84 bits per heavy atom. The summed E-state index contributed by atoms with van der Waals surface area (Å²) in [5.74, 6) is 0.937. The monoisotopic (exact) mass is 334 g/mol. The quantitative estimate of drug-likeness (QED) is 0.757. The van der Waals surface area contributed by atoms with Crippen LogP contribution in [0.3, 0.4) is 0 Å². The lowest BCUT2D eigenvalue weighted by Crippen LogP contribution is -2.23. The average Bonchev–Trinajstić information content (AvgIpc) is 2.65. The van der Waals surface area contributed by atoms with Crippen LogP contribution in [0.25, 0.3) is 10.9 Å². The van der Waals surface area contributed by atoms with Crippen molar-refractivity contribution in [2.24, 2.45) is 0 Å². The first kappa shape index (κ1) is 17.0. The van der Waals surface area contributed by atoms with Gasteiger partial charge in [0.05, 0.1) is 12.6 Å². The molecule has 25 heavy (non-hydrogen) atoms. The van der Waals surface area contributed by atoms with E-state index in [1.54, 1.807) is 13.2 Å². The summed E-state index contributed by atoms with van der Waals surface area (Å²) in [7, 11) is 1.60. The summed E-state index contributed by atoms with van der Waals surface area (Å²) >= 11 is 0. The fourth-order valence-corrected chi connectivity index (χ4v) is 2.72. The molecule has 0 saturated heterocycles. The van der Waals surface area contributed by atoms with Crippen molar-refractivity contribution >= 4 is 16.8 Å². The molecule has 3 aromatic rings. The Morgan fingerprint density at radius 1 is 1.12 bits per heavy atom. The molecule has 0 aliphatic carbocycles. The van der Waals surface area contributed by atoms with E-state index in [0.29, 0.717) is 23.9 Å². The summed E-state index contributed by atoms with van der Waals surface area (Å²) in [6.07, 6.45) is 0. The van der Waals surface area contributed by atoms with Crippen LogP contribution in [0.5, 0.6) is 5.75 Å². The minimum Gasteiger partial charge on any atom is -0.496 e. The molecular weight excluding hydrogens is 312 g/mol. The molecule has 0 aliphatic heterocycles. The molecule has 0 aliphatic rings. The Balaban J connectivity index is 1.76. The van der Waals surface area contributed by atoms with Gasteiger partial charge in [-0.05, 0) is 29.2 Å². The van der Waals surface area contributed by atoms with E-state index in [4.69, 9.17) is 4.74 Å². The number of carbonyl (C=O) groups is 1. The highest BCUT2D eigenvalue weighted by Crippen LogP contribution is 2.25. The van der Waals surface area contributed by atoms with Gasteiger partial charge in [-0.1, -0.05) is 50.2 Å². The minimum atomic E-state index is -0.211. The number of para-hydroxylation sites is 1. The van der Waals surface area contributed by atoms with Gasteiger partial charge in [0, 0.05) is 18.0 Å². The molecule has 128 valence electrons. The molecule has 4 heteroatoms. The summed E-state index contributed by atoms with van der Waals surface area (Å²) in [4.78, 5) is 16.9.